The molecular weight excluding hydrogens is 350 g/mol. The normalized spacial score (nSPS) is 35.8. The number of aromatic hydroxyl groups is 1. The van der Waals surface area contributed by atoms with Crippen molar-refractivity contribution < 1.29 is 14.8 Å². The van der Waals surface area contributed by atoms with E-state index >= 15 is 0 Å². The number of rotatable bonds is 4. The van der Waals surface area contributed by atoms with Gasteiger partial charge in [0, 0.05) is 5.54 Å². The summed E-state index contributed by atoms with van der Waals surface area (Å²) in [6, 6.07) is 7.55. The molecule has 5 nitrogen and oxygen atoms in total. The van der Waals surface area contributed by atoms with Gasteiger partial charge in [0.05, 0.1) is 31.9 Å². The molecule has 1 heterocycles. The molecule has 5 fully saturated rings. The van der Waals surface area contributed by atoms with Crippen molar-refractivity contribution >= 4 is 11.6 Å². The summed E-state index contributed by atoms with van der Waals surface area (Å²) in [6.45, 7) is 5.72. The number of nitrogens with zero attached hydrogens (tertiary/aromatic N) is 1. The molecule has 0 unspecified atom stereocenters. The number of carbonyl (C=O) groups excluding carboxylic acids is 1. The van der Waals surface area contributed by atoms with Crippen LogP contribution in [0.1, 0.15) is 45.4 Å². The number of anilines is 1. The Morgan fingerprint density at radius 1 is 1.11 bits per heavy atom. The molecule has 1 aliphatic heterocycles. The van der Waals surface area contributed by atoms with E-state index in [9.17, 15) is 9.90 Å². The van der Waals surface area contributed by atoms with Crippen LogP contribution in [0, 0.1) is 17.8 Å². The lowest BCUT2D eigenvalue weighted by Gasteiger charge is -2.57. The summed E-state index contributed by atoms with van der Waals surface area (Å²) in [5.74, 6) is 3.18. The highest BCUT2D eigenvalue weighted by molar-refractivity contribution is 5.80. The van der Waals surface area contributed by atoms with Gasteiger partial charge in [0.15, 0.2) is 6.04 Å². The maximum Gasteiger partial charge on any atom is 0.278 e. The topological polar surface area (TPSA) is 57.0 Å². The number of hydrogen-bond donors (Lipinski definition) is 3. The SMILES string of the molecule is C[C@@H](C(=O)NC12CC3CC(CC(C3)C1)C2)[NH+]1CCN(c2ccccc2O)CC1. The Labute approximate surface area is 168 Å². The first-order chi connectivity index (χ1) is 13.5. The molecule has 5 aliphatic rings. The number of carbonyl (C=O) groups is 1. The van der Waals surface area contributed by atoms with Gasteiger partial charge >= 0.3 is 0 Å². The summed E-state index contributed by atoms with van der Waals surface area (Å²) in [7, 11) is 0. The molecule has 0 radical (unpaired) electrons. The fourth-order valence-electron chi connectivity index (χ4n) is 7.02. The van der Waals surface area contributed by atoms with E-state index in [1.807, 2.05) is 18.2 Å². The Morgan fingerprint density at radius 2 is 1.68 bits per heavy atom. The lowest BCUT2D eigenvalue weighted by Crippen LogP contribution is -3.19. The van der Waals surface area contributed by atoms with Crippen LogP contribution in [-0.4, -0.2) is 48.8 Å². The van der Waals surface area contributed by atoms with Crippen LogP contribution in [0.2, 0.25) is 0 Å². The number of phenols is 1. The molecule has 1 saturated heterocycles. The highest BCUT2D eigenvalue weighted by Crippen LogP contribution is 2.55. The Hall–Kier alpha value is -1.75. The lowest BCUT2D eigenvalue weighted by molar-refractivity contribution is -0.914. The average molecular weight is 385 g/mol. The van der Waals surface area contributed by atoms with Crippen molar-refractivity contribution in [3.8, 4) is 5.75 Å². The fraction of sp³-hybridized carbons (Fsp3) is 0.696. The van der Waals surface area contributed by atoms with Crippen LogP contribution in [-0.2, 0) is 4.79 Å². The highest BCUT2D eigenvalue weighted by Gasteiger charge is 2.52. The summed E-state index contributed by atoms with van der Waals surface area (Å²) in [5, 5.41) is 13.7. The molecule has 6 rings (SSSR count). The average Bonchev–Trinajstić information content (AvgIpc) is 2.66. The van der Waals surface area contributed by atoms with Crippen molar-refractivity contribution in [2.45, 2.75) is 57.0 Å². The number of hydrogen-bond acceptors (Lipinski definition) is 3. The summed E-state index contributed by atoms with van der Waals surface area (Å²) in [6.07, 6.45) is 7.87. The van der Waals surface area contributed by atoms with Gasteiger partial charge in [-0.15, -0.1) is 0 Å². The zero-order chi connectivity index (χ0) is 19.3. The van der Waals surface area contributed by atoms with Gasteiger partial charge in [0.1, 0.15) is 5.75 Å². The van der Waals surface area contributed by atoms with Crippen LogP contribution in [0.5, 0.6) is 5.75 Å². The van der Waals surface area contributed by atoms with Crippen LogP contribution in [0.15, 0.2) is 24.3 Å². The van der Waals surface area contributed by atoms with Crippen molar-refractivity contribution in [1.82, 2.24) is 5.32 Å². The van der Waals surface area contributed by atoms with Crippen molar-refractivity contribution in [3.63, 3.8) is 0 Å². The van der Waals surface area contributed by atoms with Crippen LogP contribution in [0.3, 0.4) is 0 Å². The Balaban J connectivity index is 1.19. The molecule has 1 atom stereocenters. The number of piperazine rings is 1. The molecule has 1 aromatic rings. The third-order valence-corrected chi connectivity index (χ3v) is 8.06. The zero-order valence-electron chi connectivity index (χ0n) is 17.0. The second-order valence-corrected chi connectivity index (χ2v) is 10.0. The molecule has 5 heteroatoms. The monoisotopic (exact) mass is 384 g/mol. The van der Waals surface area contributed by atoms with E-state index in [2.05, 4.69) is 17.1 Å². The van der Waals surface area contributed by atoms with E-state index < -0.39 is 0 Å². The van der Waals surface area contributed by atoms with E-state index in [0.29, 0.717) is 5.75 Å². The van der Waals surface area contributed by atoms with Crippen molar-refractivity contribution in [1.29, 1.82) is 0 Å². The summed E-state index contributed by atoms with van der Waals surface area (Å²) >= 11 is 0. The zero-order valence-corrected chi connectivity index (χ0v) is 17.0. The Bertz CT molecular complexity index is 706. The molecule has 4 aliphatic carbocycles. The summed E-state index contributed by atoms with van der Waals surface area (Å²) in [4.78, 5) is 16.8. The third-order valence-electron chi connectivity index (χ3n) is 8.06. The molecule has 4 bridgehead atoms. The first-order valence-electron chi connectivity index (χ1n) is 11.2. The number of amides is 1. The maximum absolute atomic E-state index is 13.1. The number of benzene rings is 1. The molecule has 4 saturated carbocycles. The van der Waals surface area contributed by atoms with Gasteiger partial charge in [-0.05, 0) is 75.3 Å². The van der Waals surface area contributed by atoms with E-state index in [1.54, 1.807) is 6.07 Å². The van der Waals surface area contributed by atoms with E-state index in [-0.39, 0.29) is 17.5 Å². The first kappa shape index (κ1) is 18.3. The molecular formula is C23H34N3O2+. The molecule has 1 aromatic carbocycles. The molecule has 0 aromatic heterocycles. The second kappa shape index (κ2) is 6.94. The minimum absolute atomic E-state index is 0.000440. The quantitative estimate of drug-likeness (QED) is 0.739. The minimum Gasteiger partial charge on any atom is -0.506 e. The minimum atomic E-state index is -0.000440. The van der Waals surface area contributed by atoms with Crippen LogP contribution in [0.25, 0.3) is 0 Å². The molecule has 152 valence electrons. The van der Waals surface area contributed by atoms with Crippen molar-refractivity contribution in [2.75, 3.05) is 31.1 Å². The van der Waals surface area contributed by atoms with Gasteiger partial charge in [-0.2, -0.15) is 0 Å². The van der Waals surface area contributed by atoms with Gasteiger partial charge < -0.3 is 20.2 Å². The van der Waals surface area contributed by atoms with Gasteiger partial charge in [-0.25, -0.2) is 0 Å². The number of quaternary nitrogens is 1. The van der Waals surface area contributed by atoms with Crippen molar-refractivity contribution in [2.24, 2.45) is 17.8 Å². The molecule has 3 N–H and O–H groups in total. The van der Waals surface area contributed by atoms with Gasteiger partial charge in [-0.1, -0.05) is 12.1 Å². The number of phenolic OH excluding ortho intramolecular Hbond substituents is 1. The smallest absolute Gasteiger partial charge is 0.278 e. The van der Waals surface area contributed by atoms with Crippen LogP contribution in [0.4, 0.5) is 5.69 Å². The van der Waals surface area contributed by atoms with Crippen LogP contribution < -0.4 is 15.1 Å². The molecule has 28 heavy (non-hydrogen) atoms. The van der Waals surface area contributed by atoms with E-state index in [4.69, 9.17) is 0 Å². The third kappa shape index (κ3) is 3.28. The van der Waals surface area contributed by atoms with Gasteiger partial charge in [-0.3, -0.25) is 4.79 Å². The fourth-order valence-corrected chi connectivity index (χ4v) is 7.02. The standard InChI is InChI=1S/C23H33N3O2/c1-16(25-6-8-26(9-7-25)20-4-2-3-5-21(20)27)22(28)24-23-13-17-10-18(14-23)12-19(11-17)15-23/h2-5,16-19,27H,6-15H2,1H3,(H,24,28)/p+1/t16-,17?,18?,19?,23?/m0/s1. The largest absolute Gasteiger partial charge is 0.506 e. The van der Waals surface area contributed by atoms with Crippen LogP contribution >= 0.6 is 0 Å². The summed E-state index contributed by atoms with van der Waals surface area (Å²) in [5.41, 5.74) is 1.02. The maximum atomic E-state index is 13.1. The van der Waals surface area contributed by atoms with Crippen molar-refractivity contribution in [3.05, 3.63) is 24.3 Å². The summed E-state index contributed by atoms with van der Waals surface area (Å²) < 4.78 is 0. The lowest BCUT2D eigenvalue weighted by atomic mass is 9.53. The van der Waals surface area contributed by atoms with Gasteiger partial charge in [0.2, 0.25) is 0 Å². The number of para-hydroxylation sites is 2. The first-order valence-corrected chi connectivity index (χ1v) is 11.2. The Kier molecular flexibility index (Phi) is 4.53. The highest BCUT2D eigenvalue weighted by atomic mass is 16.3. The predicted octanol–water partition coefficient (Wildman–Crippen LogP) is 1.57. The van der Waals surface area contributed by atoms with E-state index in [1.165, 1.54) is 43.4 Å². The molecule has 0 spiro atoms. The van der Waals surface area contributed by atoms with E-state index in [0.717, 1.165) is 49.6 Å². The Morgan fingerprint density at radius 3 is 2.25 bits per heavy atom. The predicted molar refractivity (Wildman–Crippen MR) is 110 cm³/mol. The van der Waals surface area contributed by atoms with Gasteiger partial charge in [0.25, 0.3) is 5.91 Å². The second-order valence-electron chi connectivity index (χ2n) is 10.0. The number of nitrogens with one attached hydrogen (secondary N) is 2. The molecule has 1 amide bonds.